The molecule has 0 radical (unpaired) electrons. The quantitative estimate of drug-likeness (QED) is 0.654. The van der Waals surface area contributed by atoms with Gasteiger partial charge in [0.2, 0.25) is 0 Å². The number of aromatic nitrogens is 1. The number of carbonyl (C=O) groups excluding carboxylic acids is 3. The van der Waals surface area contributed by atoms with Gasteiger partial charge in [0.1, 0.15) is 10.9 Å². The van der Waals surface area contributed by atoms with Crippen LogP contribution in [0.3, 0.4) is 0 Å². The molecule has 2 aromatic rings. The van der Waals surface area contributed by atoms with E-state index >= 15 is 0 Å². The molecule has 7 nitrogen and oxygen atoms in total. The van der Waals surface area contributed by atoms with Crippen LogP contribution in [0.5, 0.6) is 5.75 Å². The molecule has 1 heterocycles. The molecule has 2 rings (SSSR count). The fourth-order valence-corrected chi connectivity index (χ4v) is 1.92. The van der Waals surface area contributed by atoms with E-state index in [4.69, 9.17) is 21.1 Å². The van der Waals surface area contributed by atoms with Gasteiger partial charge < -0.3 is 9.47 Å². The molecule has 124 valence electrons. The number of amides is 2. The number of imide groups is 1. The molecule has 0 aliphatic rings. The molecule has 0 atom stereocenters. The maximum Gasteiger partial charge on any atom is 0.341 e. The van der Waals surface area contributed by atoms with Gasteiger partial charge in [0, 0.05) is 11.8 Å². The minimum Gasteiger partial charge on any atom is -0.497 e. The number of carbonyl (C=O) groups is 3. The Hall–Kier alpha value is -2.93. The Morgan fingerprint density at radius 1 is 1.17 bits per heavy atom. The van der Waals surface area contributed by atoms with Crippen LogP contribution in [0, 0.1) is 0 Å². The fraction of sp³-hybridized carbons (Fsp3) is 0.125. The summed E-state index contributed by atoms with van der Waals surface area (Å²) in [4.78, 5) is 39.1. The lowest BCUT2D eigenvalue weighted by atomic mass is 10.2. The second kappa shape index (κ2) is 8.07. The van der Waals surface area contributed by atoms with Crippen molar-refractivity contribution in [3.63, 3.8) is 0 Å². The molecule has 1 aromatic carbocycles. The topological polar surface area (TPSA) is 94.6 Å². The summed E-state index contributed by atoms with van der Waals surface area (Å²) in [7, 11) is 1.50. The lowest BCUT2D eigenvalue weighted by Gasteiger charge is -2.07. The number of esters is 1. The standard InChI is InChI=1S/C16H13ClN2O5/c1-23-11-6-4-10(5-7-11)15(21)19-13(20)9-24-16(22)12-3-2-8-18-14(12)17/h2-8H,9H2,1H3,(H,19,20,21). The minimum absolute atomic E-state index is 0.0304. The number of pyridine rings is 1. The number of nitrogens with zero attached hydrogens (tertiary/aromatic N) is 1. The zero-order valence-electron chi connectivity index (χ0n) is 12.6. The smallest absolute Gasteiger partial charge is 0.341 e. The van der Waals surface area contributed by atoms with Gasteiger partial charge in [-0.2, -0.15) is 0 Å². The molecular weight excluding hydrogens is 336 g/mol. The molecule has 0 aliphatic carbocycles. The molecule has 8 heteroatoms. The largest absolute Gasteiger partial charge is 0.497 e. The number of hydrogen-bond donors (Lipinski definition) is 1. The first-order valence-electron chi connectivity index (χ1n) is 6.77. The molecule has 1 N–H and O–H groups in total. The molecule has 0 saturated heterocycles. The first-order valence-corrected chi connectivity index (χ1v) is 7.15. The van der Waals surface area contributed by atoms with Gasteiger partial charge in [-0.15, -0.1) is 0 Å². The van der Waals surface area contributed by atoms with Gasteiger partial charge in [-0.3, -0.25) is 14.9 Å². The van der Waals surface area contributed by atoms with E-state index in [1.165, 1.54) is 37.6 Å². The first-order chi connectivity index (χ1) is 11.5. The Kier molecular flexibility index (Phi) is 5.86. The van der Waals surface area contributed by atoms with Crippen LogP contribution >= 0.6 is 11.6 Å². The highest BCUT2D eigenvalue weighted by molar-refractivity contribution is 6.32. The monoisotopic (exact) mass is 348 g/mol. The molecule has 1 aromatic heterocycles. The van der Waals surface area contributed by atoms with Crippen molar-refractivity contribution >= 4 is 29.4 Å². The van der Waals surface area contributed by atoms with Gasteiger partial charge in [-0.05, 0) is 36.4 Å². The number of ether oxygens (including phenoxy) is 2. The zero-order chi connectivity index (χ0) is 17.5. The highest BCUT2D eigenvalue weighted by Gasteiger charge is 2.16. The Bertz CT molecular complexity index is 761. The Balaban J connectivity index is 1.87. The van der Waals surface area contributed by atoms with Crippen molar-refractivity contribution in [2.24, 2.45) is 0 Å². The van der Waals surface area contributed by atoms with Crippen LogP contribution < -0.4 is 10.1 Å². The SMILES string of the molecule is COc1ccc(C(=O)NC(=O)COC(=O)c2cccnc2Cl)cc1. The summed E-state index contributed by atoms with van der Waals surface area (Å²) in [6, 6.07) is 9.10. The van der Waals surface area contributed by atoms with E-state index < -0.39 is 24.4 Å². The van der Waals surface area contributed by atoms with E-state index in [1.807, 2.05) is 0 Å². The van der Waals surface area contributed by atoms with Crippen molar-refractivity contribution in [1.29, 1.82) is 0 Å². The average molecular weight is 349 g/mol. The highest BCUT2D eigenvalue weighted by atomic mass is 35.5. The summed E-state index contributed by atoms with van der Waals surface area (Å²) in [6.45, 7) is -0.619. The van der Waals surface area contributed by atoms with Crippen LogP contribution in [-0.4, -0.2) is 36.5 Å². The van der Waals surface area contributed by atoms with Gasteiger partial charge in [0.15, 0.2) is 6.61 Å². The number of hydrogen-bond acceptors (Lipinski definition) is 6. The molecule has 0 aliphatic heterocycles. The number of nitrogens with one attached hydrogen (secondary N) is 1. The van der Waals surface area contributed by atoms with E-state index in [9.17, 15) is 14.4 Å². The summed E-state index contributed by atoms with van der Waals surface area (Å²) in [6.07, 6.45) is 1.42. The van der Waals surface area contributed by atoms with Crippen molar-refractivity contribution in [2.45, 2.75) is 0 Å². The summed E-state index contributed by atoms with van der Waals surface area (Å²) < 4.78 is 9.77. The molecule has 24 heavy (non-hydrogen) atoms. The van der Waals surface area contributed by atoms with Gasteiger partial charge >= 0.3 is 5.97 Å². The van der Waals surface area contributed by atoms with E-state index in [0.717, 1.165) is 0 Å². The molecule has 0 bridgehead atoms. The Labute approximate surface area is 142 Å². The van der Waals surface area contributed by atoms with Crippen LogP contribution in [0.1, 0.15) is 20.7 Å². The van der Waals surface area contributed by atoms with E-state index in [0.29, 0.717) is 5.75 Å². The van der Waals surface area contributed by atoms with Gasteiger partial charge in [-0.1, -0.05) is 11.6 Å². The third kappa shape index (κ3) is 4.53. The third-order valence-corrected chi connectivity index (χ3v) is 3.22. The minimum atomic E-state index is -0.805. The highest BCUT2D eigenvalue weighted by Crippen LogP contribution is 2.13. The third-order valence-electron chi connectivity index (χ3n) is 2.92. The maximum atomic E-state index is 11.9. The lowest BCUT2D eigenvalue weighted by molar-refractivity contribution is -0.123. The number of benzene rings is 1. The van der Waals surface area contributed by atoms with Crippen LogP contribution in [-0.2, 0) is 9.53 Å². The second-order valence-electron chi connectivity index (χ2n) is 4.52. The molecule has 0 saturated carbocycles. The van der Waals surface area contributed by atoms with Crippen LogP contribution in [0.4, 0.5) is 0 Å². The molecule has 0 fully saturated rings. The van der Waals surface area contributed by atoms with E-state index in [-0.39, 0.29) is 16.3 Å². The van der Waals surface area contributed by atoms with Gasteiger partial charge in [-0.25, -0.2) is 9.78 Å². The predicted molar refractivity (Wildman–Crippen MR) is 85.0 cm³/mol. The number of methoxy groups -OCH3 is 1. The van der Waals surface area contributed by atoms with Crippen LogP contribution in [0.25, 0.3) is 0 Å². The van der Waals surface area contributed by atoms with Crippen molar-refractivity contribution in [3.05, 3.63) is 58.9 Å². The molecular formula is C16H13ClN2O5. The van der Waals surface area contributed by atoms with Crippen molar-refractivity contribution < 1.29 is 23.9 Å². The first kappa shape index (κ1) is 17.4. The second-order valence-corrected chi connectivity index (χ2v) is 4.88. The number of halogens is 1. The number of rotatable bonds is 5. The van der Waals surface area contributed by atoms with E-state index in [1.54, 1.807) is 12.1 Å². The molecule has 2 amide bonds. The molecule has 0 spiro atoms. The van der Waals surface area contributed by atoms with Crippen LogP contribution in [0.15, 0.2) is 42.6 Å². The van der Waals surface area contributed by atoms with Crippen molar-refractivity contribution in [2.75, 3.05) is 13.7 Å². The summed E-state index contributed by atoms with van der Waals surface area (Å²) >= 11 is 5.75. The van der Waals surface area contributed by atoms with Crippen molar-refractivity contribution in [1.82, 2.24) is 10.3 Å². The van der Waals surface area contributed by atoms with Crippen LogP contribution in [0.2, 0.25) is 5.15 Å². The van der Waals surface area contributed by atoms with E-state index in [2.05, 4.69) is 10.3 Å². The average Bonchev–Trinajstić information content (AvgIpc) is 2.60. The van der Waals surface area contributed by atoms with Crippen molar-refractivity contribution in [3.8, 4) is 5.75 Å². The summed E-state index contributed by atoms with van der Waals surface area (Å²) in [5.74, 6) is -1.59. The van der Waals surface area contributed by atoms with Gasteiger partial charge in [0.05, 0.1) is 12.7 Å². The molecule has 0 unspecified atom stereocenters. The predicted octanol–water partition coefficient (Wildman–Crippen LogP) is 1.86. The normalized spacial score (nSPS) is 9.92. The summed E-state index contributed by atoms with van der Waals surface area (Å²) in [5, 5.41) is 2.08. The Morgan fingerprint density at radius 2 is 1.88 bits per heavy atom. The zero-order valence-corrected chi connectivity index (χ0v) is 13.4. The summed E-state index contributed by atoms with van der Waals surface area (Å²) in [5.41, 5.74) is 0.305. The maximum absolute atomic E-state index is 11.9. The fourth-order valence-electron chi connectivity index (χ4n) is 1.72. The lowest BCUT2D eigenvalue weighted by Crippen LogP contribution is -2.34. The van der Waals surface area contributed by atoms with Gasteiger partial charge in [0.25, 0.3) is 11.8 Å². The Morgan fingerprint density at radius 3 is 2.50 bits per heavy atom.